The first-order valence-corrected chi connectivity index (χ1v) is 7.45. The maximum absolute atomic E-state index is 12.0. The lowest BCUT2D eigenvalue weighted by atomic mass is 10.1. The lowest BCUT2D eigenvalue weighted by Gasteiger charge is -2.24. The molecule has 1 N–H and O–H groups in total. The van der Waals surface area contributed by atoms with Gasteiger partial charge in [0.15, 0.2) is 0 Å². The third-order valence-electron chi connectivity index (χ3n) is 3.40. The fourth-order valence-electron chi connectivity index (χ4n) is 2.34. The van der Waals surface area contributed by atoms with E-state index in [1.165, 1.54) is 0 Å². The van der Waals surface area contributed by atoms with Crippen molar-refractivity contribution in [2.45, 2.75) is 32.8 Å². The number of nitrogens with one attached hydrogen (secondary N) is 1. The summed E-state index contributed by atoms with van der Waals surface area (Å²) in [6.07, 6.45) is 2.30. The minimum absolute atomic E-state index is 0.250. The third-order valence-corrected chi connectivity index (χ3v) is 3.40. The number of anilines is 1. The van der Waals surface area contributed by atoms with E-state index >= 15 is 0 Å². The summed E-state index contributed by atoms with van der Waals surface area (Å²) in [5, 5.41) is 12.1. The lowest BCUT2D eigenvalue weighted by molar-refractivity contribution is 0.0289. The van der Waals surface area contributed by atoms with Gasteiger partial charge < -0.3 is 15.0 Å². The standard InChI is InChI=1S/C16H22N4O2/c1-16(2,3)22-15(21)20-7-5-13(11-20)10-19-14-8-12(9-17)4-6-18-14/h4,6,8,13H,5,7,10-11H2,1-3H3,(H,18,19)/t13-/m1/s1. The van der Waals surface area contributed by atoms with Crippen LogP contribution in [0.25, 0.3) is 0 Å². The first kappa shape index (κ1) is 16.1. The van der Waals surface area contributed by atoms with Gasteiger partial charge in [-0.2, -0.15) is 5.26 Å². The topological polar surface area (TPSA) is 78.2 Å². The zero-order valence-corrected chi connectivity index (χ0v) is 13.3. The second-order valence-electron chi connectivity index (χ2n) is 6.50. The number of likely N-dealkylation sites (tertiary alicyclic amines) is 1. The molecule has 1 aliphatic heterocycles. The highest BCUT2D eigenvalue weighted by molar-refractivity contribution is 5.68. The van der Waals surface area contributed by atoms with Gasteiger partial charge in [0.05, 0.1) is 11.6 Å². The Kier molecular flexibility index (Phi) is 4.86. The summed E-state index contributed by atoms with van der Waals surface area (Å²) in [6, 6.07) is 5.48. The van der Waals surface area contributed by atoms with E-state index in [2.05, 4.69) is 16.4 Å². The van der Waals surface area contributed by atoms with Crippen molar-refractivity contribution < 1.29 is 9.53 Å². The predicted molar refractivity (Wildman–Crippen MR) is 83.4 cm³/mol. The highest BCUT2D eigenvalue weighted by Gasteiger charge is 2.29. The van der Waals surface area contributed by atoms with Gasteiger partial charge >= 0.3 is 6.09 Å². The Hall–Kier alpha value is -2.29. The summed E-state index contributed by atoms with van der Waals surface area (Å²) in [5.41, 5.74) is 0.119. The summed E-state index contributed by atoms with van der Waals surface area (Å²) >= 11 is 0. The number of amides is 1. The van der Waals surface area contributed by atoms with E-state index in [0.29, 0.717) is 30.4 Å². The van der Waals surface area contributed by atoms with Gasteiger partial charge in [-0.25, -0.2) is 9.78 Å². The molecule has 118 valence electrons. The van der Waals surface area contributed by atoms with E-state index < -0.39 is 5.60 Å². The van der Waals surface area contributed by atoms with Crippen molar-refractivity contribution in [3.8, 4) is 6.07 Å². The Morgan fingerprint density at radius 2 is 2.36 bits per heavy atom. The molecule has 1 aliphatic rings. The van der Waals surface area contributed by atoms with Crippen LogP contribution >= 0.6 is 0 Å². The van der Waals surface area contributed by atoms with Crippen molar-refractivity contribution in [3.63, 3.8) is 0 Å². The van der Waals surface area contributed by atoms with Gasteiger partial charge in [-0.1, -0.05) is 0 Å². The summed E-state index contributed by atoms with van der Waals surface area (Å²) < 4.78 is 5.38. The van der Waals surface area contributed by atoms with Crippen LogP contribution in [0.1, 0.15) is 32.8 Å². The van der Waals surface area contributed by atoms with Crippen LogP contribution in [0.4, 0.5) is 10.6 Å². The van der Waals surface area contributed by atoms with Crippen LogP contribution in [0.15, 0.2) is 18.3 Å². The van der Waals surface area contributed by atoms with Crippen molar-refractivity contribution in [2.75, 3.05) is 25.0 Å². The molecule has 6 heteroatoms. The Bertz CT molecular complexity index is 574. The van der Waals surface area contributed by atoms with Crippen LogP contribution in [-0.2, 0) is 4.74 Å². The van der Waals surface area contributed by atoms with Gasteiger partial charge in [0.2, 0.25) is 0 Å². The highest BCUT2D eigenvalue weighted by atomic mass is 16.6. The molecule has 1 saturated heterocycles. The first-order valence-electron chi connectivity index (χ1n) is 7.45. The van der Waals surface area contributed by atoms with Crippen molar-refractivity contribution in [3.05, 3.63) is 23.9 Å². The van der Waals surface area contributed by atoms with E-state index in [9.17, 15) is 4.79 Å². The van der Waals surface area contributed by atoms with Gasteiger partial charge in [-0.05, 0) is 45.2 Å². The minimum Gasteiger partial charge on any atom is -0.444 e. The van der Waals surface area contributed by atoms with Crippen LogP contribution in [-0.4, -0.2) is 41.2 Å². The molecule has 2 rings (SSSR count). The van der Waals surface area contributed by atoms with E-state index in [-0.39, 0.29) is 6.09 Å². The molecule has 0 aliphatic carbocycles. The highest BCUT2D eigenvalue weighted by Crippen LogP contribution is 2.20. The molecule has 6 nitrogen and oxygen atoms in total. The maximum atomic E-state index is 12.0. The molecule has 1 aromatic rings. The largest absolute Gasteiger partial charge is 0.444 e. The zero-order chi connectivity index (χ0) is 16.2. The van der Waals surface area contributed by atoms with Crippen LogP contribution < -0.4 is 5.32 Å². The molecule has 1 fully saturated rings. The number of nitriles is 1. The van der Waals surface area contributed by atoms with E-state index in [1.807, 2.05) is 20.8 Å². The molecule has 0 unspecified atom stereocenters. The first-order chi connectivity index (χ1) is 10.4. The van der Waals surface area contributed by atoms with Gasteiger partial charge in [-0.15, -0.1) is 0 Å². The van der Waals surface area contributed by atoms with Crippen LogP contribution in [0.5, 0.6) is 0 Å². The average molecular weight is 302 g/mol. The Morgan fingerprint density at radius 1 is 1.59 bits per heavy atom. The van der Waals surface area contributed by atoms with Crippen LogP contribution in [0, 0.1) is 17.2 Å². The Labute approximate surface area is 131 Å². The summed E-state index contributed by atoms with van der Waals surface area (Å²) in [6.45, 7) is 7.73. The number of ether oxygens (including phenoxy) is 1. The number of nitrogens with zero attached hydrogens (tertiary/aromatic N) is 3. The molecular weight excluding hydrogens is 280 g/mol. The molecule has 0 spiro atoms. The Balaban J connectivity index is 1.81. The van der Waals surface area contributed by atoms with E-state index in [1.54, 1.807) is 23.2 Å². The molecule has 0 aromatic carbocycles. The minimum atomic E-state index is -0.463. The summed E-state index contributed by atoms with van der Waals surface area (Å²) in [5.74, 6) is 1.05. The molecule has 0 saturated carbocycles. The van der Waals surface area contributed by atoms with Crippen LogP contribution in [0.2, 0.25) is 0 Å². The SMILES string of the molecule is CC(C)(C)OC(=O)N1CC[C@H](CNc2cc(C#N)ccn2)C1. The van der Waals surface area contributed by atoms with Crippen molar-refractivity contribution >= 4 is 11.9 Å². The average Bonchev–Trinajstić information content (AvgIpc) is 2.92. The van der Waals surface area contributed by atoms with Gasteiger partial charge in [0.1, 0.15) is 11.4 Å². The molecule has 0 radical (unpaired) electrons. The fourth-order valence-corrected chi connectivity index (χ4v) is 2.34. The smallest absolute Gasteiger partial charge is 0.410 e. The third kappa shape index (κ3) is 4.62. The fraction of sp³-hybridized carbons (Fsp3) is 0.562. The zero-order valence-electron chi connectivity index (χ0n) is 13.3. The second-order valence-corrected chi connectivity index (χ2v) is 6.50. The maximum Gasteiger partial charge on any atom is 0.410 e. The van der Waals surface area contributed by atoms with Gasteiger partial charge in [0, 0.05) is 25.8 Å². The molecule has 22 heavy (non-hydrogen) atoms. The molecule has 2 heterocycles. The summed E-state index contributed by atoms with van der Waals surface area (Å²) in [7, 11) is 0. The normalized spacial score (nSPS) is 17.9. The molecule has 1 amide bonds. The monoisotopic (exact) mass is 302 g/mol. The van der Waals surface area contributed by atoms with Gasteiger partial charge in [-0.3, -0.25) is 0 Å². The predicted octanol–water partition coefficient (Wildman–Crippen LogP) is 2.62. The molecular formula is C16H22N4O2. The van der Waals surface area contributed by atoms with E-state index in [4.69, 9.17) is 10.00 Å². The Morgan fingerprint density at radius 3 is 3.05 bits per heavy atom. The number of carbonyl (C=O) groups excluding carboxylic acids is 1. The number of pyridine rings is 1. The van der Waals surface area contributed by atoms with E-state index in [0.717, 1.165) is 13.0 Å². The van der Waals surface area contributed by atoms with Crippen LogP contribution in [0.3, 0.4) is 0 Å². The van der Waals surface area contributed by atoms with Crippen molar-refractivity contribution in [2.24, 2.45) is 5.92 Å². The number of hydrogen-bond donors (Lipinski definition) is 1. The second kappa shape index (κ2) is 6.65. The molecule has 0 bridgehead atoms. The van der Waals surface area contributed by atoms with Crippen molar-refractivity contribution in [1.29, 1.82) is 5.26 Å². The molecule has 1 aromatic heterocycles. The quantitative estimate of drug-likeness (QED) is 0.928. The van der Waals surface area contributed by atoms with Gasteiger partial charge in [0.25, 0.3) is 0 Å². The number of rotatable bonds is 3. The number of aromatic nitrogens is 1. The number of carbonyl (C=O) groups is 1. The lowest BCUT2D eigenvalue weighted by Crippen LogP contribution is -2.35. The summed E-state index contributed by atoms with van der Waals surface area (Å²) in [4.78, 5) is 17.9. The number of hydrogen-bond acceptors (Lipinski definition) is 5. The van der Waals surface area contributed by atoms with Crippen molar-refractivity contribution in [1.82, 2.24) is 9.88 Å². The molecule has 1 atom stereocenters.